The Balaban J connectivity index is 1.61. The molecular weight excluding hydrogens is 432 g/mol. The zero-order valence-electron chi connectivity index (χ0n) is 17.4. The Kier molecular flexibility index (Phi) is 6.52. The van der Waals surface area contributed by atoms with Crippen LogP contribution in [0.4, 0.5) is 11.4 Å². The lowest BCUT2D eigenvalue weighted by Gasteiger charge is -2.18. The van der Waals surface area contributed by atoms with Crippen LogP contribution in [0.5, 0.6) is 0 Å². The van der Waals surface area contributed by atoms with Gasteiger partial charge in [-0.15, -0.1) is 0 Å². The maximum atomic E-state index is 13.2. The number of benzene rings is 2. The quantitative estimate of drug-likeness (QED) is 0.251. The van der Waals surface area contributed by atoms with E-state index in [9.17, 15) is 19.7 Å². The third-order valence-electron chi connectivity index (χ3n) is 5.25. The fraction of sp³-hybridized carbons (Fsp3) is 0.318. The molecule has 2 aromatic carbocycles. The molecule has 2 atom stereocenters. The molecule has 1 aromatic heterocycles. The van der Waals surface area contributed by atoms with Crippen molar-refractivity contribution in [2.24, 2.45) is 0 Å². The number of aromatic nitrogens is 2. The first-order valence-electron chi connectivity index (χ1n) is 10.3. The molecule has 2 unspecified atom stereocenters. The first kappa shape index (κ1) is 22.0. The summed E-state index contributed by atoms with van der Waals surface area (Å²) in [4.78, 5) is 41.3. The molecule has 0 aliphatic carbocycles. The second-order valence-electron chi connectivity index (χ2n) is 7.49. The number of ether oxygens (including phenoxy) is 1. The van der Waals surface area contributed by atoms with Gasteiger partial charge in [0.1, 0.15) is 5.69 Å². The highest BCUT2D eigenvalue weighted by Crippen LogP contribution is 2.27. The number of para-hydroxylation sites is 3. The summed E-state index contributed by atoms with van der Waals surface area (Å²) in [5.41, 5.74) is 0.310. The molecule has 166 valence electrons. The maximum absolute atomic E-state index is 13.2. The average molecular weight is 455 g/mol. The fourth-order valence-corrected chi connectivity index (χ4v) is 4.49. The largest absolute Gasteiger partial charge is 0.376 e. The number of carbonyl (C=O) groups excluding carboxylic acids is 1. The topological polar surface area (TPSA) is 116 Å². The Labute approximate surface area is 187 Å². The zero-order chi connectivity index (χ0) is 22.7. The Morgan fingerprint density at radius 1 is 1.31 bits per heavy atom. The molecule has 10 heteroatoms. The minimum Gasteiger partial charge on any atom is -0.376 e. The number of rotatable bonds is 7. The van der Waals surface area contributed by atoms with Crippen LogP contribution in [0.1, 0.15) is 19.8 Å². The van der Waals surface area contributed by atoms with Crippen LogP contribution in [0.3, 0.4) is 0 Å². The summed E-state index contributed by atoms with van der Waals surface area (Å²) in [6.07, 6.45) is 1.72. The van der Waals surface area contributed by atoms with E-state index in [2.05, 4.69) is 10.3 Å². The van der Waals surface area contributed by atoms with Gasteiger partial charge in [-0.05, 0) is 38.0 Å². The number of hydrogen-bond donors (Lipinski definition) is 1. The monoisotopic (exact) mass is 454 g/mol. The molecule has 32 heavy (non-hydrogen) atoms. The summed E-state index contributed by atoms with van der Waals surface area (Å²) in [5, 5.41) is 14.1. The van der Waals surface area contributed by atoms with Gasteiger partial charge in [0.2, 0.25) is 5.91 Å². The molecular formula is C22H22N4O5S. The number of fused-ring (bicyclic) bond motifs is 1. The third kappa shape index (κ3) is 4.66. The highest BCUT2D eigenvalue weighted by Gasteiger charge is 2.24. The Morgan fingerprint density at radius 2 is 2.06 bits per heavy atom. The highest BCUT2D eigenvalue weighted by atomic mass is 32.2. The number of hydrogen-bond acceptors (Lipinski definition) is 7. The van der Waals surface area contributed by atoms with Crippen LogP contribution < -0.4 is 10.9 Å². The third-order valence-corrected chi connectivity index (χ3v) is 6.34. The fourth-order valence-electron chi connectivity index (χ4n) is 3.58. The molecule has 4 rings (SSSR count). The van der Waals surface area contributed by atoms with E-state index in [-0.39, 0.29) is 23.0 Å². The van der Waals surface area contributed by atoms with Crippen LogP contribution in [0.25, 0.3) is 10.9 Å². The number of nitrogens with one attached hydrogen (secondary N) is 1. The summed E-state index contributed by atoms with van der Waals surface area (Å²) in [6, 6.07) is 13.0. The van der Waals surface area contributed by atoms with Gasteiger partial charge in [-0.1, -0.05) is 36.0 Å². The predicted molar refractivity (Wildman–Crippen MR) is 122 cm³/mol. The molecule has 3 aromatic rings. The minimum absolute atomic E-state index is 0.0777. The number of nitrogens with zero attached hydrogens (tertiary/aromatic N) is 3. The van der Waals surface area contributed by atoms with Gasteiger partial charge in [0.25, 0.3) is 11.2 Å². The molecule has 1 saturated heterocycles. The number of nitro benzene ring substituents is 1. The van der Waals surface area contributed by atoms with E-state index in [0.29, 0.717) is 29.2 Å². The number of amides is 1. The lowest BCUT2D eigenvalue weighted by Crippen LogP contribution is -2.30. The molecule has 0 radical (unpaired) electrons. The standard InChI is InChI=1S/C22H22N4O5S/c1-14(20(27)23-18-10-4-5-11-19(18)26(29)30)32-22-24-17-9-3-2-8-16(17)21(28)25(22)13-15-7-6-12-31-15/h2-5,8-11,14-15H,6-7,12-13H2,1H3,(H,23,27). The van der Waals surface area contributed by atoms with E-state index in [1.54, 1.807) is 41.8 Å². The van der Waals surface area contributed by atoms with Gasteiger partial charge >= 0.3 is 0 Å². The van der Waals surface area contributed by atoms with Gasteiger partial charge in [-0.2, -0.15) is 0 Å². The number of thioether (sulfide) groups is 1. The van der Waals surface area contributed by atoms with E-state index < -0.39 is 16.1 Å². The van der Waals surface area contributed by atoms with Crippen LogP contribution in [-0.4, -0.2) is 38.3 Å². The van der Waals surface area contributed by atoms with Crippen LogP contribution >= 0.6 is 11.8 Å². The summed E-state index contributed by atoms with van der Waals surface area (Å²) < 4.78 is 7.27. The normalized spacial score (nSPS) is 16.7. The molecule has 1 aliphatic heterocycles. The molecule has 0 bridgehead atoms. The summed E-state index contributed by atoms with van der Waals surface area (Å²) in [5.74, 6) is -0.421. The van der Waals surface area contributed by atoms with Crippen LogP contribution in [0.2, 0.25) is 0 Å². The van der Waals surface area contributed by atoms with Gasteiger partial charge in [0.05, 0.1) is 33.7 Å². The first-order valence-corrected chi connectivity index (χ1v) is 11.1. The Bertz CT molecular complexity index is 1220. The van der Waals surface area contributed by atoms with E-state index >= 15 is 0 Å². The molecule has 1 aliphatic rings. The second-order valence-corrected chi connectivity index (χ2v) is 8.79. The van der Waals surface area contributed by atoms with Crippen molar-refractivity contribution < 1.29 is 14.5 Å². The lowest BCUT2D eigenvalue weighted by atomic mass is 10.2. The number of anilines is 1. The SMILES string of the molecule is CC(Sc1nc2ccccc2c(=O)n1CC1CCCO1)C(=O)Nc1ccccc1[N+](=O)[O-]. The predicted octanol–water partition coefficient (Wildman–Crippen LogP) is 3.60. The van der Waals surface area contributed by atoms with Crippen molar-refractivity contribution in [3.05, 3.63) is 69.0 Å². The molecule has 0 spiro atoms. The van der Waals surface area contributed by atoms with Crippen molar-refractivity contribution in [1.29, 1.82) is 0 Å². The van der Waals surface area contributed by atoms with Crippen molar-refractivity contribution in [2.75, 3.05) is 11.9 Å². The number of nitro groups is 1. The highest BCUT2D eigenvalue weighted by molar-refractivity contribution is 8.00. The van der Waals surface area contributed by atoms with Crippen LogP contribution in [0.15, 0.2) is 58.5 Å². The van der Waals surface area contributed by atoms with Crippen LogP contribution in [0, 0.1) is 10.1 Å². The van der Waals surface area contributed by atoms with Gasteiger partial charge in [-0.25, -0.2) is 4.98 Å². The van der Waals surface area contributed by atoms with Gasteiger partial charge in [-0.3, -0.25) is 24.3 Å². The van der Waals surface area contributed by atoms with Gasteiger partial charge in [0.15, 0.2) is 5.16 Å². The smallest absolute Gasteiger partial charge is 0.292 e. The van der Waals surface area contributed by atoms with Crippen molar-refractivity contribution in [2.45, 2.75) is 42.8 Å². The van der Waals surface area contributed by atoms with Crippen LogP contribution in [-0.2, 0) is 16.1 Å². The Hall–Kier alpha value is -3.24. The van der Waals surface area contributed by atoms with E-state index in [1.165, 1.54) is 18.2 Å². The maximum Gasteiger partial charge on any atom is 0.292 e. The lowest BCUT2D eigenvalue weighted by molar-refractivity contribution is -0.383. The summed E-state index contributed by atoms with van der Waals surface area (Å²) in [6.45, 7) is 2.70. The molecule has 9 nitrogen and oxygen atoms in total. The van der Waals surface area contributed by atoms with Crippen molar-refractivity contribution in [3.8, 4) is 0 Å². The van der Waals surface area contributed by atoms with E-state index in [4.69, 9.17) is 4.74 Å². The first-order chi connectivity index (χ1) is 15.4. The van der Waals surface area contributed by atoms with Crippen molar-refractivity contribution in [1.82, 2.24) is 9.55 Å². The molecule has 1 fully saturated rings. The molecule has 0 saturated carbocycles. The van der Waals surface area contributed by atoms with Gasteiger partial charge < -0.3 is 10.1 Å². The van der Waals surface area contributed by atoms with Crippen molar-refractivity contribution >= 4 is 39.9 Å². The second kappa shape index (κ2) is 9.49. The molecule has 2 heterocycles. The zero-order valence-corrected chi connectivity index (χ0v) is 18.2. The summed E-state index contributed by atoms with van der Waals surface area (Å²) in [7, 11) is 0. The van der Waals surface area contributed by atoms with E-state index in [0.717, 1.165) is 24.6 Å². The minimum atomic E-state index is -0.654. The Morgan fingerprint density at radius 3 is 2.81 bits per heavy atom. The van der Waals surface area contributed by atoms with Gasteiger partial charge in [0, 0.05) is 12.7 Å². The summed E-state index contributed by atoms with van der Waals surface area (Å²) >= 11 is 1.14. The van der Waals surface area contributed by atoms with E-state index in [1.807, 2.05) is 0 Å². The molecule has 1 amide bonds. The van der Waals surface area contributed by atoms with Crippen molar-refractivity contribution in [3.63, 3.8) is 0 Å². The average Bonchev–Trinajstić information content (AvgIpc) is 3.30. The molecule has 1 N–H and O–H groups in total. The number of carbonyl (C=O) groups is 1.